The van der Waals surface area contributed by atoms with E-state index >= 15 is 0 Å². The second-order valence-corrected chi connectivity index (χ2v) is 7.41. The zero-order chi connectivity index (χ0) is 16.0. The first-order valence-electron chi connectivity index (χ1n) is 8.34. The fourth-order valence-corrected chi connectivity index (χ4v) is 5.86. The lowest BCUT2D eigenvalue weighted by molar-refractivity contribution is -0.219. The van der Waals surface area contributed by atoms with E-state index in [0.29, 0.717) is 24.3 Å². The number of methoxy groups -OCH3 is 1. The molecule has 1 aromatic rings. The molecule has 5 atom stereocenters. The van der Waals surface area contributed by atoms with Crippen molar-refractivity contribution in [3.8, 4) is 11.5 Å². The molecular weight excluding hydrogens is 296 g/mol. The van der Waals surface area contributed by atoms with E-state index < -0.39 is 23.2 Å². The molecule has 0 amide bonds. The van der Waals surface area contributed by atoms with Crippen LogP contribution >= 0.6 is 0 Å². The third kappa shape index (κ3) is 1.28. The Labute approximate surface area is 134 Å². The normalized spacial score (nSPS) is 42.9. The topological polar surface area (TPSA) is 76.0 Å². The maximum Gasteiger partial charge on any atom is 0.177 e. The molecule has 2 saturated carbocycles. The van der Waals surface area contributed by atoms with Gasteiger partial charge in [0.15, 0.2) is 23.4 Å². The monoisotopic (exact) mass is 316 g/mol. The van der Waals surface area contributed by atoms with Crippen LogP contribution in [0, 0.1) is 5.92 Å². The lowest BCUT2D eigenvalue weighted by Gasteiger charge is -2.61. The molecule has 5 nitrogen and oxygen atoms in total. The Bertz CT molecular complexity index is 728. The van der Waals surface area contributed by atoms with Crippen molar-refractivity contribution >= 4 is 5.78 Å². The summed E-state index contributed by atoms with van der Waals surface area (Å²) in [5, 5.41) is 22.3. The van der Waals surface area contributed by atoms with Crippen LogP contribution in [-0.2, 0) is 16.6 Å². The van der Waals surface area contributed by atoms with Crippen LogP contribution in [0.25, 0.3) is 0 Å². The fourth-order valence-electron chi connectivity index (χ4n) is 5.86. The number of carbonyl (C=O) groups excluding carboxylic acids is 1. The van der Waals surface area contributed by atoms with Crippen LogP contribution in [0.5, 0.6) is 11.5 Å². The molecular formula is C18H20O5. The van der Waals surface area contributed by atoms with Gasteiger partial charge in [-0.15, -0.1) is 0 Å². The summed E-state index contributed by atoms with van der Waals surface area (Å²) in [5.41, 5.74) is -0.0664. The lowest BCUT2D eigenvalue weighted by Crippen LogP contribution is -2.75. The van der Waals surface area contributed by atoms with Crippen molar-refractivity contribution < 1.29 is 24.5 Å². The number of rotatable bonds is 1. The van der Waals surface area contributed by atoms with E-state index in [2.05, 4.69) is 0 Å². The average molecular weight is 316 g/mol. The van der Waals surface area contributed by atoms with Crippen LogP contribution in [-0.4, -0.2) is 40.9 Å². The van der Waals surface area contributed by atoms with Gasteiger partial charge in [0.2, 0.25) is 0 Å². The molecule has 4 aliphatic rings. The Morgan fingerprint density at radius 1 is 1.35 bits per heavy atom. The first-order chi connectivity index (χ1) is 11.0. The van der Waals surface area contributed by atoms with E-state index in [9.17, 15) is 15.0 Å². The molecule has 0 radical (unpaired) electrons. The summed E-state index contributed by atoms with van der Waals surface area (Å²) >= 11 is 0. The van der Waals surface area contributed by atoms with E-state index in [4.69, 9.17) is 9.47 Å². The number of aliphatic hydroxyl groups is 2. The van der Waals surface area contributed by atoms with Crippen LogP contribution in [0.3, 0.4) is 0 Å². The molecule has 0 saturated heterocycles. The largest absolute Gasteiger partial charge is 0.493 e. The van der Waals surface area contributed by atoms with E-state index in [1.165, 1.54) is 0 Å². The number of carbonyl (C=O) groups is 1. The molecule has 1 aromatic carbocycles. The Balaban J connectivity index is 1.88. The second-order valence-electron chi connectivity index (χ2n) is 7.41. The van der Waals surface area contributed by atoms with Crippen molar-refractivity contribution in [2.24, 2.45) is 5.92 Å². The zero-order valence-electron chi connectivity index (χ0n) is 13.0. The smallest absolute Gasteiger partial charge is 0.177 e. The molecule has 5 rings (SSSR count). The molecule has 5 heteroatoms. The summed E-state index contributed by atoms with van der Waals surface area (Å²) in [6, 6.07) is 3.90. The van der Waals surface area contributed by atoms with E-state index in [0.717, 1.165) is 24.0 Å². The molecule has 23 heavy (non-hydrogen) atoms. The van der Waals surface area contributed by atoms with Crippen molar-refractivity contribution in [3.63, 3.8) is 0 Å². The van der Waals surface area contributed by atoms with E-state index in [-0.39, 0.29) is 18.1 Å². The van der Waals surface area contributed by atoms with Gasteiger partial charge in [0.05, 0.1) is 18.6 Å². The predicted molar refractivity (Wildman–Crippen MR) is 80.7 cm³/mol. The van der Waals surface area contributed by atoms with Crippen LogP contribution in [0.1, 0.15) is 36.8 Å². The molecule has 2 fully saturated rings. The minimum atomic E-state index is -1.28. The van der Waals surface area contributed by atoms with Gasteiger partial charge in [-0.3, -0.25) is 4.79 Å². The van der Waals surface area contributed by atoms with Gasteiger partial charge < -0.3 is 19.7 Å². The van der Waals surface area contributed by atoms with Crippen LogP contribution in [0.15, 0.2) is 12.1 Å². The van der Waals surface area contributed by atoms with E-state index in [1.54, 1.807) is 7.11 Å². The summed E-state index contributed by atoms with van der Waals surface area (Å²) in [6.45, 7) is 0. The van der Waals surface area contributed by atoms with Gasteiger partial charge in [0.25, 0.3) is 0 Å². The minimum Gasteiger partial charge on any atom is -0.493 e. The molecule has 122 valence electrons. The predicted octanol–water partition coefficient (Wildman–Crippen LogP) is 1.11. The Kier molecular flexibility index (Phi) is 2.45. The van der Waals surface area contributed by atoms with Crippen molar-refractivity contribution in [1.29, 1.82) is 0 Å². The van der Waals surface area contributed by atoms with E-state index in [1.807, 2.05) is 12.1 Å². The summed E-state index contributed by atoms with van der Waals surface area (Å²) in [6.07, 6.45) is 1.42. The van der Waals surface area contributed by atoms with Crippen LogP contribution in [0.2, 0.25) is 0 Å². The Morgan fingerprint density at radius 2 is 2.17 bits per heavy atom. The first kappa shape index (κ1) is 13.8. The molecule has 1 heterocycles. The second kappa shape index (κ2) is 4.08. The molecule has 2 N–H and O–H groups in total. The summed E-state index contributed by atoms with van der Waals surface area (Å²) in [7, 11) is 1.58. The molecule has 1 unspecified atom stereocenters. The van der Waals surface area contributed by atoms with Crippen LogP contribution in [0.4, 0.5) is 0 Å². The Morgan fingerprint density at radius 3 is 2.96 bits per heavy atom. The van der Waals surface area contributed by atoms with Gasteiger partial charge in [-0.2, -0.15) is 0 Å². The molecule has 1 aliphatic heterocycles. The number of ketones is 1. The van der Waals surface area contributed by atoms with Crippen molar-refractivity contribution in [2.45, 2.75) is 55.3 Å². The number of hydrogen-bond donors (Lipinski definition) is 2. The summed E-state index contributed by atoms with van der Waals surface area (Å²) < 4.78 is 11.5. The number of ether oxygens (including phenoxy) is 2. The molecule has 3 aliphatic carbocycles. The van der Waals surface area contributed by atoms with Crippen molar-refractivity contribution in [2.75, 3.05) is 7.11 Å². The Hall–Kier alpha value is -1.59. The highest BCUT2D eigenvalue weighted by molar-refractivity contribution is 5.90. The highest BCUT2D eigenvalue weighted by Crippen LogP contribution is 2.66. The van der Waals surface area contributed by atoms with Gasteiger partial charge in [-0.05, 0) is 36.8 Å². The van der Waals surface area contributed by atoms with Crippen LogP contribution < -0.4 is 9.47 Å². The van der Waals surface area contributed by atoms with Gasteiger partial charge >= 0.3 is 0 Å². The maximum absolute atomic E-state index is 12.6. The van der Waals surface area contributed by atoms with Crippen molar-refractivity contribution in [1.82, 2.24) is 0 Å². The molecule has 0 aromatic heterocycles. The molecule has 1 spiro atoms. The van der Waals surface area contributed by atoms with Gasteiger partial charge in [0.1, 0.15) is 5.60 Å². The quantitative estimate of drug-likeness (QED) is 0.812. The SMILES string of the molecule is COc1ccc2c3c1O[C@H]1C(=O)C[C@@H](O)[C@@]4(O)[C@H](CCCC314)C2. The molecule has 2 bridgehead atoms. The first-order valence-corrected chi connectivity index (χ1v) is 8.34. The average Bonchev–Trinajstić information content (AvgIpc) is 2.86. The summed E-state index contributed by atoms with van der Waals surface area (Å²) in [4.78, 5) is 12.6. The summed E-state index contributed by atoms with van der Waals surface area (Å²) in [5.74, 6) is 1.05. The number of aliphatic hydroxyl groups excluding tert-OH is 1. The lowest BCUT2D eigenvalue weighted by atomic mass is 9.45. The van der Waals surface area contributed by atoms with Gasteiger partial charge in [-0.25, -0.2) is 0 Å². The third-order valence-corrected chi connectivity index (χ3v) is 6.68. The number of benzene rings is 1. The number of Topliss-reactive ketones (excluding diaryl/α,β-unsaturated/α-hetero) is 1. The van der Waals surface area contributed by atoms with Gasteiger partial charge in [0, 0.05) is 12.0 Å². The minimum absolute atomic E-state index is 0.0303. The van der Waals surface area contributed by atoms with Crippen molar-refractivity contribution in [3.05, 3.63) is 23.3 Å². The van der Waals surface area contributed by atoms with Gasteiger partial charge in [-0.1, -0.05) is 12.5 Å². The number of hydrogen-bond acceptors (Lipinski definition) is 5. The maximum atomic E-state index is 12.6. The standard InChI is InChI=1S/C18H20O5/c1-22-12-5-4-9-7-10-3-2-6-17-14(9)15(12)23-16(17)11(19)8-13(20)18(10,17)21/h4-5,10,13,16,20-21H,2-3,6-8H2,1H3/t10-,13-,16+,17?,18+/m1/s1. The third-order valence-electron chi connectivity index (χ3n) is 6.68. The zero-order valence-corrected chi connectivity index (χ0v) is 13.0. The highest BCUT2D eigenvalue weighted by atomic mass is 16.5. The highest BCUT2D eigenvalue weighted by Gasteiger charge is 2.74. The fraction of sp³-hybridized carbons (Fsp3) is 0.611.